The molecule has 0 fully saturated rings. The number of carbonyl (C=O) groups excluding carboxylic acids is 1. The van der Waals surface area contributed by atoms with Crippen molar-refractivity contribution in [3.05, 3.63) is 33.8 Å². The van der Waals surface area contributed by atoms with Crippen molar-refractivity contribution in [3.8, 4) is 0 Å². The zero-order valence-electron chi connectivity index (χ0n) is 8.66. The molecule has 2 rings (SSSR count). The standard InChI is InChI=1S/C9H7Cl2N5O/c1-4-13-9(16-15-4)14-8(17)5-2-6(10)7(11)12-3-5/h2-3H,1H3,(H2,13,14,15,16,17). The highest BCUT2D eigenvalue weighted by molar-refractivity contribution is 6.41. The van der Waals surface area contributed by atoms with Crippen LogP contribution in [0.25, 0.3) is 0 Å². The van der Waals surface area contributed by atoms with Gasteiger partial charge < -0.3 is 0 Å². The Morgan fingerprint density at radius 1 is 1.47 bits per heavy atom. The molecular formula is C9H7Cl2N5O. The van der Waals surface area contributed by atoms with Crippen LogP contribution in [0.15, 0.2) is 12.3 Å². The highest BCUT2D eigenvalue weighted by atomic mass is 35.5. The van der Waals surface area contributed by atoms with Crippen molar-refractivity contribution in [3.63, 3.8) is 0 Å². The maximum atomic E-state index is 11.7. The van der Waals surface area contributed by atoms with Crippen molar-refractivity contribution in [1.82, 2.24) is 20.2 Å². The number of rotatable bonds is 2. The first-order valence-electron chi connectivity index (χ1n) is 4.57. The molecule has 2 N–H and O–H groups in total. The highest BCUT2D eigenvalue weighted by Gasteiger charge is 2.11. The van der Waals surface area contributed by atoms with Crippen LogP contribution in [0.4, 0.5) is 5.95 Å². The van der Waals surface area contributed by atoms with Gasteiger partial charge in [-0.3, -0.25) is 15.2 Å². The maximum absolute atomic E-state index is 11.7. The van der Waals surface area contributed by atoms with Crippen LogP contribution in [0.2, 0.25) is 10.2 Å². The number of hydrogen-bond acceptors (Lipinski definition) is 4. The summed E-state index contributed by atoms with van der Waals surface area (Å²) in [6.45, 7) is 1.73. The molecule has 0 saturated heterocycles. The summed E-state index contributed by atoms with van der Waals surface area (Å²) >= 11 is 11.4. The number of carbonyl (C=O) groups is 1. The topological polar surface area (TPSA) is 83.6 Å². The first-order valence-corrected chi connectivity index (χ1v) is 5.33. The smallest absolute Gasteiger partial charge is 0.259 e. The van der Waals surface area contributed by atoms with Crippen LogP contribution in [-0.2, 0) is 0 Å². The van der Waals surface area contributed by atoms with E-state index < -0.39 is 5.91 Å². The average Bonchev–Trinajstić information content (AvgIpc) is 2.68. The largest absolute Gasteiger partial charge is 0.289 e. The fourth-order valence-electron chi connectivity index (χ4n) is 1.12. The van der Waals surface area contributed by atoms with E-state index in [2.05, 4.69) is 25.5 Å². The lowest BCUT2D eigenvalue weighted by molar-refractivity contribution is 0.102. The second kappa shape index (κ2) is 4.68. The van der Waals surface area contributed by atoms with E-state index in [1.807, 2.05) is 0 Å². The number of nitrogens with zero attached hydrogens (tertiary/aromatic N) is 3. The molecule has 6 nitrogen and oxygen atoms in total. The van der Waals surface area contributed by atoms with E-state index >= 15 is 0 Å². The quantitative estimate of drug-likeness (QED) is 0.819. The zero-order valence-corrected chi connectivity index (χ0v) is 10.2. The summed E-state index contributed by atoms with van der Waals surface area (Å²) in [6.07, 6.45) is 1.32. The van der Waals surface area contributed by atoms with Crippen LogP contribution in [-0.4, -0.2) is 26.1 Å². The molecule has 8 heteroatoms. The number of hydrogen-bond donors (Lipinski definition) is 2. The van der Waals surface area contributed by atoms with Gasteiger partial charge in [0.05, 0.1) is 10.6 Å². The molecule has 1 amide bonds. The van der Waals surface area contributed by atoms with Crippen LogP contribution in [0.1, 0.15) is 16.2 Å². The van der Waals surface area contributed by atoms with Gasteiger partial charge in [-0.05, 0) is 13.0 Å². The van der Waals surface area contributed by atoms with Crippen LogP contribution >= 0.6 is 23.2 Å². The molecule has 2 aromatic heterocycles. The number of aromatic amines is 1. The second-order valence-corrected chi connectivity index (χ2v) is 3.96. The minimum atomic E-state index is -0.407. The number of aromatic nitrogens is 4. The molecule has 2 heterocycles. The number of H-pyrrole nitrogens is 1. The third kappa shape index (κ3) is 2.72. The van der Waals surface area contributed by atoms with Crippen molar-refractivity contribution < 1.29 is 4.79 Å². The predicted molar refractivity (Wildman–Crippen MR) is 63.3 cm³/mol. The fourth-order valence-corrected chi connectivity index (χ4v) is 1.39. The van der Waals surface area contributed by atoms with Crippen LogP contribution in [0, 0.1) is 6.92 Å². The first-order chi connectivity index (χ1) is 8.06. The molecule has 0 unspecified atom stereocenters. The lowest BCUT2D eigenvalue weighted by Gasteiger charge is -2.01. The van der Waals surface area contributed by atoms with E-state index in [9.17, 15) is 4.79 Å². The van der Waals surface area contributed by atoms with Gasteiger partial charge in [0.2, 0.25) is 5.95 Å². The normalized spacial score (nSPS) is 10.3. The SMILES string of the molecule is Cc1nc(NC(=O)c2cnc(Cl)c(Cl)c2)n[nH]1. The third-order valence-electron chi connectivity index (χ3n) is 1.88. The van der Waals surface area contributed by atoms with E-state index in [0.717, 1.165) is 0 Å². The fraction of sp³-hybridized carbons (Fsp3) is 0.111. The van der Waals surface area contributed by atoms with Crippen molar-refractivity contribution in [2.75, 3.05) is 5.32 Å². The summed E-state index contributed by atoms with van der Waals surface area (Å²) in [6, 6.07) is 1.42. The molecule has 0 atom stereocenters. The van der Waals surface area contributed by atoms with E-state index in [0.29, 0.717) is 5.82 Å². The third-order valence-corrected chi connectivity index (χ3v) is 2.57. The summed E-state index contributed by atoms with van der Waals surface area (Å²) < 4.78 is 0. The Labute approximate surface area is 106 Å². The van der Waals surface area contributed by atoms with Gasteiger partial charge in [0.1, 0.15) is 11.0 Å². The minimum Gasteiger partial charge on any atom is -0.289 e. The van der Waals surface area contributed by atoms with Gasteiger partial charge in [0.25, 0.3) is 5.91 Å². The maximum Gasteiger partial charge on any atom is 0.259 e. The van der Waals surface area contributed by atoms with Crippen LogP contribution in [0.5, 0.6) is 0 Å². The Kier molecular flexibility index (Phi) is 3.26. The molecule has 0 spiro atoms. The molecule has 2 aromatic rings. The van der Waals surface area contributed by atoms with Gasteiger partial charge in [-0.15, -0.1) is 5.10 Å². The van der Waals surface area contributed by atoms with Gasteiger partial charge in [0, 0.05) is 6.20 Å². The number of aryl methyl sites for hydroxylation is 1. The van der Waals surface area contributed by atoms with Crippen molar-refractivity contribution in [1.29, 1.82) is 0 Å². The van der Waals surface area contributed by atoms with Gasteiger partial charge in [-0.25, -0.2) is 4.98 Å². The number of anilines is 1. The molecule has 0 aliphatic rings. The van der Waals surface area contributed by atoms with Gasteiger partial charge in [-0.2, -0.15) is 4.98 Å². The molecule has 17 heavy (non-hydrogen) atoms. The minimum absolute atomic E-state index is 0.150. The van der Waals surface area contributed by atoms with Gasteiger partial charge in [0.15, 0.2) is 0 Å². The summed E-state index contributed by atoms with van der Waals surface area (Å²) in [7, 11) is 0. The van der Waals surface area contributed by atoms with Gasteiger partial charge in [-0.1, -0.05) is 23.2 Å². The van der Waals surface area contributed by atoms with Crippen molar-refractivity contribution in [2.45, 2.75) is 6.92 Å². The molecule has 88 valence electrons. The van der Waals surface area contributed by atoms with E-state index in [1.165, 1.54) is 12.3 Å². The number of amides is 1. The first kappa shape index (κ1) is 11.8. The van der Waals surface area contributed by atoms with Crippen LogP contribution < -0.4 is 5.32 Å². The Balaban J connectivity index is 2.17. The molecule has 0 aliphatic carbocycles. The monoisotopic (exact) mass is 271 g/mol. The van der Waals surface area contributed by atoms with Crippen molar-refractivity contribution >= 4 is 35.1 Å². The Bertz CT molecular complexity index is 568. The molecule has 0 aromatic carbocycles. The van der Waals surface area contributed by atoms with E-state index in [-0.39, 0.29) is 21.7 Å². The highest BCUT2D eigenvalue weighted by Crippen LogP contribution is 2.19. The number of pyridine rings is 1. The average molecular weight is 272 g/mol. The Morgan fingerprint density at radius 3 is 2.82 bits per heavy atom. The van der Waals surface area contributed by atoms with Gasteiger partial charge >= 0.3 is 0 Å². The van der Waals surface area contributed by atoms with E-state index in [1.54, 1.807) is 6.92 Å². The Hall–Kier alpha value is -1.66. The molecule has 0 aliphatic heterocycles. The summed E-state index contributed by atoms with van der Waals surface area (Å²) in [5.74, 6) is 0.390. The zero-order chi connectivity index (χ0) is 12.4. The summed E-state index contributed by atoms with van der Waals surface area (Å²) in [5.41, 5.74) is 0.279. The van der Waals surface area contributed by atoms with Crippen LogP contribution in [0.3, 0.4) is 0 Å². The molecule has 0 saturated carbocycles. The Morgan fingerprint density at radius 2 is 2.24 bits per heavy atom. The lowest BCUT2D eigenvalue weighted by atomic mass is 10.3. The number of halogens is 2. The lowest BCUT2D eigenvalue weighted by Crippen LogP contribution is -2.13. The number of nitrogens with one attached hydrogen (secondary N) is 2. The summed E-state index contributed by atoms with van der Waals surface area (Å²) in [4.78, 5) is 19.4. The predicted octanol–water partition coefficient (Wildman–Crippen LogP) is 2.07. The molecular weight excluding hydrogens is 265 g/mol. The summed E-state index contributed by atoms with van der Waals surface area (Å²) in [5, 5.41) is 9.24. The molecule has 0 radical (unpaired) electrons. The van der Waals surface area contributed by atoms with Crippen molar-refractivity contribution in [2.24, 2.45) is 0 Å². The second-order valence-electron chi connectivity index (χ2n) is 3.20. The molecule has 0 bridgehead atoms. The van der Waals surface area contributed by atoms with E-state index in [4.69, 9.17) is 23.2 Å².